The highest BCUT2D eigenvalue weighted by Crippen LogP contribution is 2.15. The van der Waals surface area contributed by atoms with Crippen LogP contribution in [0.5, 0.6) is 0 Å². The molecule has 0 atom stereocenters. The molecule has 1 heterocycles. The molecule has 1 heteroatoms. The summed E-state index contributed by atoms with van der Waals surface area (Å²) in [6.07, 6.45) is 4.24. The van der Waals surface area contributed by atoms with E-state index in [9.17, 15) is 0 Å². The average Bonchev–Trinajstić information content (AvgIpc) is 1.86. The quantitative estimate of drug-likeness (QED) is 0.410. The van der Waals surface area contributed by atoms with Gasteiger partial charge in [0.1, 0.15) is 12.2 Å². The minimum atomic E-state index is 0.931. The van der Waals surface area contributed by atoms with E-state index >= 15 is 0 Å². The summed E-state index contributed by atoms with van der Waals surface area (Å²) in [5.41, 5.74) is 1.20. The van der Waals surface area contributed by atoms with Crippen molar-refractivity contribution in [1.29, 1.82) is 0 Å². The number of nitrogens with zero attached hydrogens (tertiary/aromatic N) is 1. The standard InChI is InChI=1S/C7H12N/c1-7-5-4-6-8(7,2)3/h4-5H,1,6H2,2-3H3/q+1. The van der Waals surface area contributed by atoms with Crippen molar-refractivity contribution >= 4 is 0 Å². The van der Waals surface area contributed by atoms with Gasteiger partial charge in [-0.15, -0.1) is 0 Å². The van der Waals surface area contributed by atoms with Gasteiger partial charge in [0, 0.05) is 6.08 Å². The molecule has 0 aromatic rings. The molecule has 0 radical (unpaired) electrons. The zero-order valence-corrected chi connectivity index (χ0v) is 5.52. The lowest BCUT2D eigenvalue weighted by Crippen LogP contribution is -2.33. The van der Waals surface area contributed by atoms with Gasteiger partial charge in [-0.2, -0.15) is 0 Å². The van der Waals surface area contributed by atoms with E-state index in [0.717, 1.165) is 11.0 Å². The van der Waals surface area contributed by atoms with Crippen molar-refractivity contribution in [3.05, 3.63) is 24.4 Å². The molecular formula is C7H12N+. The summed E-state index contributed by atoms with van der Waals surface area (Å²) < 4.78 is 0.931. The molecule has 1 rings (SSSR count). The van der Waals surface area contributed by atoms with Crippen LogP contribution in [0.1, 0.15) is 0 Å². The Morgan fingerprint density at radius 2 is 2.25 bits per heavy atom. The summed E-state index contributed by atoms with van der Waals surface area (Å²) in [6.45, 7) is 4.99. The number of quaternary nitrogens is 1. The summed E-state index contributed by atoms with van der Waals surface area (Å²) in [6, 6.07) is 0. The minimum Gasteiger partial charge on any atom is -0.293 e. The van der Waals surface area contributed by atoms with Gasteiger partial charge in [0.05, 0.1) is 14.1 Å². The van der Waals surface area contributed by atoms with Crippen LogP contribution in [-0.2, 0) is 0 Å². The fourth-order valence-electron chi connectivity index (χ4n) is 0.771. The van der Waals surface area contributed by atoms with E-state index in [4.69, 9.17) is 0 Å². The van der Waals surface area contributed by atoms with Crippen molar-refractivity contribution in [2.75, 3.05) is 20.6 Å². The van der Waals surface area contributed by atoms with Crippen LogP contribution in [-0.4, -0.2) is 25.1 Å². The molecule has 44 valence electrons. The van der Waals surface area contributed by atoms with Gasteiger partial charge in [-0.05, 0) is 12.7 Å². The van der Waals surface area contributed by atoms with Gasteiger partial charge in [-0.25, -0.2) is 0 Å². The lowest BCUT2D eigenvalue weighted by molar-refractivity contribution is -0.838. The first-order valence-corrected chi connectivity index (χ1v) is 2.82. The molecule has 0 aliphatic carbocycles. The summed E-state index contributed by atoms with van der Waals surface area (Å²) >= 11 is 0. The van der Waals surface area contributed by atoms with Crippen molar-refractivity contribution < 1.29 is 4.48 Å². The largest absolute Gasteiger partial charge is 0.293 e. The number of hydrogen-bond acceptors (Lipinski definition) is 0. The van der Waals surface area contributed by atoms with Gasteiger partial charge in [0.15, 0.2) is 0 Å². The predicted molar refractivity (Wildman–Crippen MR) is 35.3 cm³/mol. The van der Waals surface area contributed by atoms with E-state index in [1.54, 1.807) is 0 Å². The first-order chi connectivity index (χ1) is 3.63. The van der Waals surface area contributed by atoms with E-state index in [-0.39, 0.29) is 0 Å². The van der Waals surface area contributed by atoms with Crippen LogP contribution < -0.4 is 0 Å². The molecule has 0 fully saturated rings. The monoisotopic (exact) mass is 110 g/mol. The van der Waals surface area contributed by atoms with Crippen molar-refractivity contribution in [3.63, 3.8) is 0 Å². The van der Waals surface area contributed by atoms with E-state index in [2.05, 4.69) is 32.8 Å². The number of rotatable bonds is 0. The molecule has 0 saturated heterocycles. The van der Waals surface area contributed by atoms with E-state index < -0.39 is 0 Å². The number of likely N-dealkylation sites (N-methyl/N-ethyl adjacent to an activating group) is 1. The Bertz CT molecular complexity index is 142. The Hall–Kier alpha value is -0.560. The fraction of sp³-hybridized carbons (Fsp3) is 0.429. The third kappa shape index (κ3) is 0.693. The second-order valence-corrected chi connectivity index (χ2v) is 2.76. The van der Waals surface area contributed by atoms with Crippen molar-refractivity contribution in [2.45, 2.75) is 0 Å². The molecule has 1 aliphatic rings. The lowest BCUT2D eigenvalue weighted by atomic mass is 10.4. The molecule has 8 heavy (non-hydrogen) atoms. The number of allylic oxidation sites excluding steroid dienone is 1. The molecule has 0 aromatic carbocycles. The molecule has 0 amide bonds. The minimum absolute atomic E-state index is 0.931. The van der Waals surface area contributed by atoms with Gasteiger partial charge in [0.25, 0.3) is 0 Å². The van der Waals surface area contributed by atoms with E-state index in [0.29, 0.717) is 0 Å². The van der Waals surface area contributed by atoms with Gasteiger partial charge in [0.2, 0.25) is 0 Å². The summed E-state index contributed by atoms with van der Waals surface area (Å²) in [5.74, 6) is 0. The van der Waals surface area contributed by atoms with Crippen LogP contribution in [0, 0.1) is 0 Å². The second-order valence-electron chi connectivity index (χ2n) is 2.76. The molecule has 0 saturated carbocycles. The normalized spacial score (nSPS) is 24.5. The van der Waals surface area contributed by atoms with Gasteiger partial charge in [-0.3, -0.25) is 4.48 Å². The maximum atomic E-state index is 3.89. The van der Waals surface area contributed by atoms with Gasteiger partial charge < -0.3 is 0 Å². The van der Waals surface area contributed by atoms with Crippen molar-refractivity contribution in [1.82, 2.24) is 0 Å². The molecule has 1 aliphatic heterocycles. The Balaban J connectivity index is 2.79. The smallest absolute Gasteiger partial charge is 0.125 e. The molecule has 0 spiro atoms. The van der Waals surface area contributed by atoms with E-state index in [1.165, 1.54) is 5.70 Å². The first-order valence-electron chi connectivity index (χ1n) is 2.82. The summed E-state index contributed by atoms with van der Waals surface area (Å²) in [4.78, 5) is 0. The van der Waals surface area contributed by atoms with Crippen LogP contribution in [0.4, 0.5) is 0 Å². The summed E-state index contributed by atoms with van der Waals surface area (Å²) in [5, 5.41) is 0. The molecule has 0 aromatic heterocycles. The van der Waals surface area contributed by atoms with Crippen LogP contribution in [0.25, 0.3) is 0 Å². The Kier molecular flexibility index (Phi) is 1.01. The molecule has 0 unspecified atom stereocenters. The number of hydrogen-bond donors (Lipinski definition) is 0. The maximum absolute atomic E-state index is 3.89. The Morgan fingerprint density at radius 3 is 2.38 bits per heavy atom. The van der Waals surface area contributed by atoms with Crippen LogP contribution in [0.2, 0.25) is 0 Å². The third-order valence-electron chi connectivity index (χ3n) is 1.65. The van der Waals surface area contributed by atoms with Crippen LogP contribution in [0.3, 0.4) is 0 Å². The predicted octanol–water partition coefficient (Wildman–Crippen LogP) is 1.15. The topological polar surface area (TPSA) is 0 Å². The third-order valence-corrected chi connectivity index (χ3v) is 1.65. The SMILES string of the molecule is C=C1C=CC[N+]1(C)C. The maximum Gasteiger partial charge on any atom is 0.125 e. The van der Waals surface area contributed by atoms with Gasteiger partial charge in [-0.1, -0.05) is 0 Å². The average molecular weight is 110 g/mol. The Morgan fingerprint density at radius 1 is 1.62 bits per heavy atom. The summed E-state index contributed by atoms with van der Waals surface area (Å²) in [7, 11) is 4.31. The second kappa shape index (κ2) is 1.46. The highest BCUT2D eigenvalue weighted by Gasteiger charge is 2.20. The molecule has 0 N–H and O–H groups in total. The van der Waals surface area contributed by atoms with Crippen molar-refractivity contribution in [2.24, 2.45) is 0 Å². The zero-order valence-electron chi connectivity index (χ0n) is 5.52. The Labute approximate surface area is 50.5 Å². The van der Waals surface area contributed by atoms with Crippen molar-refractivity contribution in [3.8, 4) is 0 Å². The zero-order chi connectivity index (χ0) is 6.20. The van der Waals surface area contributed by atoms with Crippen LogP contribution >= 0.6 is 0 Å². The highest BCUT2D eigenvalue weighted by molar-refractivity contribution is 5.12. The molecule has 1 nitrogen and oxygen atoms in total. The molecule has 0 bridgehead atoms. The molecular weight excluding hydrogens is 98.1 g/mol. The first kappa shape index (κ1) is 5.57. The highest BCUT2D eigenvalue weighted by atomic mass is 15.3. The fourth-order valence-corrected chi connectivity index (χ4v) is 0.771. The van der Waals surface area contributed by atoms with Gasteiger partial charge >= 0.3 is 0 Å². The van der Waals surface area contributed by atoms with E-state index in [1.807, 2.05) is 0 Å². The van der Waals surface area contributed by atoms with Crippen LogP contribution in [0.15, 0.2) is 24.4 Å². The lowest BCUT2D eigenvalue weighted by Gasteiger charge is -2.23.